The molecule has 5 rings (SSSR count). The summed E-state index contributed by atoms with van der Waals surface area (Å²) in [4.78, 5) is 16.8. The molecule has 2 aromatic heterocycles. The van der Waals surface area contributed by atoms with Crippen LogP contribution in [0.4, 0.5) is 5.69 Å². The second-order valence-electron chi connectivity index (χ2n) is 7.67. The van der Waals surface area contributed by atoms with Crippen molar-refractivity contribution in [3.8, 4) is 22.8 Å². The van der Waals surface area contributed by atoms with Gasteiger partial charge in [-0.2, -0.15) is 0 Å². The van der Waals surface area contributed by atoms with E-state index >= 15 is 0 Å². The van der Waals surface area contributed by atoms with Crippen LogP contribution in [0, 0.1) is 0 Å². The molecule has 36 heavy (non-hydrogen) atoms. The lowest BCUT2D eigenvalue weighted by atomic mass is 10.2. The Morgan fingerprint density at radius 2 is 1.75 bits per heavy atom. The predicted octanol–water partition coefficient (Wildman–Crippen LogP) is 7.59. The molecule has 9 heteroatoms. The van der Waals surface area contributed by atoms with Crippen molar-refractivity contribution in [2.24, 2.45) is 0 Å². The number of amides is 1. The molecule has 1 amide bonds. The minimum absolute atomic E-state index is 0.122. The molecule has 178 valence electrons. The minimum atomic E-state index is -0.412. The molecule has 3 aromatic carbocycles. The molecule has 0 saturated carbocycles. The van der Waals surface area contributed by atoms with Crippen LogP contribution in [0.1, 0.15) is 5.76 Å². The zero-order valence-electron chi connectivity index (χ0n) is 18.5. The van der Waals surface area contributed by atoms with Gasteiger partial charge >= 0.3 is 0 Å². The van der Waals surface area contributed by atoms with E-state index in [1.807, 2.05) is 42.5 Å². The van der Waals surface area contributed by atoms with Gasteiger partial charge in [-0.15, -0.1) is 0 Å². The zero-order chi connectivity index (χ0) is 25.1. The second-order valence-corrected chi connectivity index (χ2v) is 8.92. The van der Waals surface area contributed by atoms with Crippen molar-refractivity contribution in [2.45, 2.75) is 0 Å². The molecule has 0 radical (unpaired) electrons. The molecule has 6 nitrogen and oxygen atoms in total. The van der Waals surface area contributed by atoms with Gasteiger partial charge in [0.1, 0.15) is 17.0 Å². The largest absolute Gasteiger partial charge is 0.457 e. The lowest BCUT2D eigenvalue weighted by molar-refractivity contribution is -0.115. The highest BCUT2D eigenvalue weighted by molar-refractivity contribution is 7.80. The summed E-state index contributed by atoms with van der Waals surface area (Å²) in [5, 5.41) is 6.82. The second kappa shape index (κ2) is 10.4. The van der Waals surface area contributed by atoms with Crippen molar-refractivity contribution < 1.29 is 13.6 Å². The van der Waals surface area contributed by atoms with Gasteiger partial charge in [0, 0.05) is 22.3 Å². The number of halogens is 2. The third-order valence-electron chi connectivity index (χ3n) is 5.14. The number of benzene rings is 3. The number of aromatic nitrogens is 1. The highest BCUT2D eigenvalue weighted by Gasteiger charge is 2.13. The van der Waals surface area contributed by atoms with E-state index in [-0.39, 0.29) is 5.11 Å². The third kappa shape index (κ3) is 5.49. The standard InChI is InChI=1S/C27H17Cl2N3O3S/c28-17-7-5-16(6-8-17)23-13-10-19(34-23)11-14-25(33)32-27(36)30-18-9-12-21(29)20(15-18)26-31-22-3-1-2-4-24(22)35-26/h1-15H,(H2,30,32,33,36). The molecule has 0 fully saturated rings. The van der Waals surface area contributed by atoms with E-state index in [2.05, 4.69) is 15.6 Å². The van der Waals surface area contributed by atoms with E-state index in [0.29, 0.717) is 44.3 Å². The summed E-state index contributed by atoms with van der Waals surface area (Å²) in [6, 6.07) is 23.5. The zero-order valence-corrected chi connectivity index (χ0v) is 20.8. The van der Waals surface area contributed by atoms with Crippen molar-refractivity contribution >= 4 is 69.3 Å². The number of nitrogens with zero attached hydrogens (tertiary/aromatic N) is 1. The van der Waals surface area contributed by atoms with Crippen LogP contribution in [0.3, 0.4) is 0 Å². The van der Waals surface area contributed by atoms with Crippen LogP contribution in [0.25, 0.3) is 40.0 Å². The van der Waals surface area contributed by atoms with E-state index < -0.39 is 5.91 Å². The first-order valence-corrected chi connectivity index (χ1v) is 11.9. The van der Waals surface area contributed by atoms with Crippen LogP contribution < -0.4 is 10.6 Å². The topological polar surface area (TPSA) is 80.3 Å². The number of oxazole rings is 1. The predicted molar refractivity (Wildman–Crippen MR) is 147 cm³/mol. The van der Waals surface area contributed by atoms with Crippen molar-refractivity contribution in [3.63, 3.8) is 0 Å². The lowest BCUT2D eigenvalue weighted by Gasteiger charge is -2.09. The molecule has 0 spiro atoms. The fourth-order valence-corrected chi connectivity index (χ4v) is 3.98. The molecule has 2 N–H and O–H groups in total. The maximum Gasteiger partial charge on any atom is 0.250 e. The van der Waals surface area contributed by atoms with E-state index in [1.165, 1.54) is 6.08 Å². The Morgan fingerprint density at radius 3 is 2.56 bits per heavy atom. The van der Waals surface area contributed by atoms with Crippen LogP contribution >= 0.6 is 35.4 Å². The molecule has 0 aliphatic rings. The smallest absolute Gasteiger partial charge is 0.250 e. The van der Waals surface area contributed by atoms with Gasteiger partial charge < -0.3 is 14.2 Å². The Balaban J connectivity index is 1.22. The van der Waals surface area contributed by atoms with E-state index in [4.69, 9.17) is 44.3 Å². The summed E-state index contributed by atoms with van der Waals surface area (Å²) in [5.41, 5.74) is 3.49. The lowest BCUT2D eigenvalue weighted by Crippen LogP contribution is -2.32. The van der Waals surface area contributed by atoms with Crippen LogP contribution in [-0.4, -0.2) is 16.0 Å². The van der Waals surface area contributed by atoms with Crippen LogP contribution in [-0.2, 0) is 4.79 Å². The van der Waals surface area contributed by atoms with E-state index in [0.717, 1.165) is 11.1 Å². The molecule has 5 aromatic rings. The Kier molecular flexibility index (Phi) is 6.86. The molecular formula is C27H17Cl2N3O3S. The van der Waals surface area contributed by atoms with Crippen LogP contribution in [0.5, 0.6) is 0 Å². The molecule has 2 heterocycles. The van der Waals surface area contributed by atoms with Gasteiger partial charge in [0.15, 0.2) is 10.7 Å². The van der Waals surface area contributed by atoms with Gasteiger partial charge in [-0.3, -0.25) is 10.1 Å². The maximum atomic E-state index is 12.3. The number of hydrogen-bond donors (Lipinski definition) is 2. The minimum Gasteiger partial charge on any atom is -0.457 e. The van der Waals surface area contributed by atoms with Crippen molar-refractivity contribution in [1.82, 2.24) is 10.3 Å². The number of anilines is 1. The molecular weight excluding hydrogens is 517 g/mol. The average molecular weight is 534 g/mol. The van der Waals surface area contributed by atoms with Crippen LogP contribution in [0.15, 0.2) is 93.8 Å². The summed E-state index contributed by atoms with van der Waals surface area (Å²) in [7, 11) is 0. The quantitative estimate of drug-likeness (QED) is 0.179. The number of carbonyl (C=O) groups is 1. The fourth-order valence-electron chi connectivity index (χ4n) is 3.44. The van der Waals surface area contributed by atoms with Gasteiger partial charge in [0.05, 0.1) is 10.6 Å². The molecule has 0 atom stereocenters. The number of thiocarbonyl (C=S) groups is 1. The SMILES string of the molecule is O=C(C=Cc1ccc(-c2ccc(Cl)cc2)o1)NC(=S)Nc1ccc(Cl)c(-c2nc3ccccc3o2)c1. The Hall–Kier alpha value is -3.91. The normalized spacial score (nSPS) is 11.2. The number of furan rings is 1. The fraction of sp³-hybridized carbons (Fsp3) is 0. The summed E-state index contributed by atoms with van der Waals surface area (Å²) in [5.74, 6) is 1.17. The molecule has 0 unspecified atom stereocenters. The first-order chi connectivity index (χ1) is 17.4. The van der Waals surface area contributed by atoms with Gasteiger partial charge in [-0.05, 0) is 85.0 Å². The number of carbonyl (C=O) groups excluding carboxylic acids is 1. The highest BCUT2D eigenvalue weighted by Crippen LogP contribution is 2.32. The Labute approximate surface area is 221 Å². The summed E-state index contributed by atoms with van der Waals surface area (Å²) in [6.07, 6.45) is 2.90. The number of hydrogen-bond acceptors (Lipinski definition) is 5. The first-order valence-electron chi connectivity index (χ1n) is 10.8. The van der Waals surface area contributed by atoms with Crippen molar-refractivity contribution in [3.05, 3.63) is 101 Å². The van der Waals surface area contributed by atoms with Crippen molar-refractivity contribution in [1.29, 1.82) is 0 Å². The number of rotatable bonds is 5. The molecule has 0 aliphatic heterocycles. The molecule has 0 bridgehead atoms. The van der Waals surface area contributed by atoms with Gasteiger partial charge in [0.2, 0.25) is 11.8 Å². The van der Waals surface area contributed by atoms with Gasteiger partial charge in [-0.1, -0.05) is 35.3 Å². The summed E-state index contributed by atoms with van der Waals surface area (Å²) in [6.45, 7) is 0. The number of fused-ring (bicyclic) bond motifs is 1. The number of nitrogens with one attached hydrogen (secondary N) is 2. The third-order valence-corrected chi connectivity index (χ3v) is 5.93. The van der Waals surface area contributed by atoms with E-state index in [1.54, 1.807) is 42.5 Å². The van der Waals surface area contributed by atoms with E-state index in [9.17, 15) is 4.79 Å². The monoisotopic (exact) mass is 533 g/mol. The first kappa shape index (κ1) is 23.8. The van der Waals surface area contributed by atoms with Crippen LogP contribution in [0.2, 0.25) is 10.0 Å². The Morgan fingerprint density at radius 1 is 0.944 bits per heavy atom. The highest BCUT2D eigenvalue weighted by atomic mass is 35.5. The summed E-state index contributed by atoms with van der Waals surface area (Å²) < 4.78 is 11.6. The average Bonchev–Trinajstić information content (AvgIpc) is 3.51. The maximum absolute atomic E-state index is 12.3. The van der Waals surface area contributed by atoms with Gasteiger partial charge in [0.25, 0.3) is 0 Å². The summed E-state index contributed by atoms with van der Waals surface area (Å²) >= 11 is 17.6. The number of para-hydroxylation sites is 2. The molecule has 0 saturated heterocycles. The molecule has 0 aliphatic carbocycles. The van der Waals surface area contributed by atoms with Gasteiger partial charge in [-0.25, -0.2) is 4.98 Å². The van der Waals surface area contributed by atoms with Crippen molar-refractivity contribution in [2.75, 3.05) is 5.32 Å². The Bertz CT molecular complexity index is 1570.